The number of aryl methyl sites for hydroxylation is 1. The van der Waals surface area contributed by atoms with Crippen LogP contribution >= 0.6 is 12.4 Å². The minimum atomic E-state index is -2.83. The second-order valence-corrected chi connectivity index (χ2v) is 2.99. The van der Waals surface area contributed by atoms with Gasteiger partial charge >= 0.3 is 0 Å². The van der Waals surface area contributed by atoms with Crippen molar-refractivity contribution >= 4 is 12.4 Å². The van der Waals surface area contributed by atoms with Crippen LogP contribution in [0.2, 0.25) is 0 Å². The lowest BCUT2D eigenvalue weighted by atomic mass is 10.0. The second kappa shape index (κ2) is 5.23. The summed E-state index contributed by atoms with van der Waals surface area (Å²) in [5.74, 6) is -1.74. The molecule has 0 amide bonds. The zero-order chi connectivity index (χ0) is 10.9. The van der Waals surface area contributed by atoms with Crippen molar-refractivity contribution < 1.29 is 18.3 Å². The number of phenolic OH excluding ortho intramolecular Hbond substituents is 1. The fourth-order valence-electron chi connectivity index (χ4n) is 1.23. The molecule has 6 heteroatoms. The summed E-state index contributed by atoms with van der Waals surface area (Å²) in [5.41, 5.74) is 5.24. The van der Waals surface area contributed by atoms with Gasteiger partial charge in [0, 0.05) is 5.56 Å². The summed E-state index contributed by atoms with van der Waals surface area (Å²) in [6, 6.07) is 0.643. The average molecular weight is 242 g/mol. The molecule has 0 radical (unpaired) electrons. The van der Waals surface area contributed by atoms with Crippen LogP contribution in [0.15, 0.2) is 12.1 Å². The third-order valence-corrected chi connectivity index (χ3v) is 1.99. The van der Waals surface area contributed by atoms with E-state index in [1.54, 1.807) is 0 Å². The van der Waals surface area contributed by atoms with Gasteiger partial charge in [0.25, 0.3) is 6.43 Å². The highest BCUT2D eigenvalue weighted by Crippen LogP contribution is 2.31. The van der Waals surface area contributed by atoms with Gasteiger partial charge in [-0.05, 0) is 18.6 Å². The van der Waals surface area contributed by atoms with Gasteiger partial charge in [-0.1, -0.05) is 6.07 Å². The molecule has 0 aliphatic heterocycles. The van der Waals surface area contributed by atoms with Crippen LogP contribution < -0.4 is 5.73 Å². The molecule has 0 heterocycles. The summed E-state index contributed by atoms with van der Waals surface area (Å²) in [7, 11) is 0. The Morgan fingerprint density at radius 2 is 1.87 bits per heavy atom. The number of aromatic hydroxyl groups is 1. The molecule has 0 aromatic heterocycles. The zero-order valence-corrected chi connectivity index (χ0v) is 8.69. The Kier molecular flexibility index (Phi) is 4.90. The molecule has 0 saturated heterocycles. The minimum Gasteiger partial charge on any atom is -0.505 e. The Morgan fingerprint density at radius 1 is 1.33 bits per heavy atom. The highest BCUT2D eigenvalue weighted by atomic mass is 35.5. The van der Waals surface area contributed by atoms with Gasteiger partial charge in [0.2, 0.25) is 0 Å². The summed E-state index contributed by atoms with van der Waals surface area (Å²) in [4.78, 5) is 0. The van der Waals surface area contributed by atoms with Crippen molar-refractivity contribution in [3.8, 4) is 5.75 Å². The number of hydrogen-bond acceptors (Lipinski definition) is 2. The van der Waals surface area contributed by atoms with Gasteiger partial charge in [0.05, 0.1) is 6.04 Å². The quantitative estimate of drug-likeness (QED) is 0.836. The van der Waals surface area contributed by atoms with E-state index in [-0.39, 0.29) is 18.0 Å². The van der Waals surface area contributed by atoms with E-state index in [1.165, 1.54) is 13.0 Å². The smallest absolute Gasteiger partial charge is 0.257 e. The van der Waals surface area contributed by atoms with Gasteiger partial charge in [-0.2, -0.15) is 0 Å². The summed E-state index contributed by atoms with van der Waals surface area (Å²) in [6.45, 7) is 1.48. The van der Waals surface area contributed by atoms with Crippen molar-refractivity contribution in [2.24, 2.45) is 5.73 Å². The summed E-state index contributed by atoms with van der Waals surface area (Å²) >= 11 is 0. The third kappa shape index (κ3) is 2.76. The van der Waals surface area contributed by atoms with Gasteiger partial charge in [0.1, 0.15) is 0 Å². The van der Waals surface area contributed by atoms with Crippen molar-refractivity contribution in [2.75, 3.05) is 0 Å². The molecule has 1 aromatic carbocycles. The molecule has 86 valence electrons. The molecule has 0 bridgehead atoms. The summed E-state index contributed by atoms with van der Waals surface area (Å²) in [6.07, 6.45) is -2.83. The predicted octanol–water partition coefficient (Wildman–Crippen LogP) is 2.53. The molecular formula is C9H11ClF3NO. The van der Waals surface area contributed by atoms with E-state index in [1.807, 2.05) is 0 Å². The predicted molar refractivity (Wildman–Crippen MR) is 53.0 cm³/mol. The van der Waals surface area contributed by atoms with Gasteiger partial charge in [-0.25, -0.2) is 13.2 Å². The average Bonchev–Trinajstić information content (AvgIpc) is 2.12. The molecule has 15 heavy (non-hydrogen) atoms. The maximum absolute atomic E-state index is 12.8. The Morgan fingerprint density at radius 3 is 2.33 bits per heavy atom. The monoisotopic (exact) mass is 241 g/mol. The second-order valence-electron chi connectivity index (χ2n) is 2.99. The topological polar surface area (TPSA) is 46.2 Å². The number of nitrogens with two attached hydrogens (primary N) is 1. The highest BCUT2D eigenvalue weighted by Gasteiger charge is 2.24. The summed E-state index contributed by atoms with van der Waals surface area (Å²) < 4.78 is 37.3. The lowest BCUT2D eigenvalue weighted by Gasteiger charge is -2.15. The van der Waals surface area contributed by atoms with Gasteiger partial charge in [-0.3, -0.25) is 0 Å². The van der Waals surface area contributed by atoms with Crippen LogP contribution in [0.3, 0.4) is 0 Å². The number of benzene rings is 1. The highest BCUT2D eigenvalue weighted by molar-refractivity contribution is 5.85. The molecule has 0 unspecified atom stereocenters. The van der Waals surface area contributed by atoms with Gasteiger partial charge in [0.15, 0.2) is 11.6 Å². The van der Waals surface area contributed by atoms with E-state index in [9.17, 15) is 18.3 Å². The van der Waals surface area contributed by atoms with Crippen LogP contribution in [-0.2, 0) is 0 Å². The minimum absolute atomic E-state index is 0. The van der Waals surface area contributed by atoms with Crippen LogP contribution in [0.25, 0.3) is 0 Å². The first-order valence-electron chi connectivity index (χ1n) is 3.97. The number of phenols is 1. The fraction of sp³-hybridized carbons (Fsp3) is 0.333. The van der Waals surface area contributed by atoms with E-state index in [0.29, 0.717) is 5.56 Å². The van der Waals surface area contributed by atoms with Crippen LogP contribution in [0.5, 0.6) is 5.75 Å². The molecule has 0 saturated carbocycles. The number of alkyl halides is 2. The lowest BCUT2D eigenvalue weighted by Crippen LogP contribution is -2.20. The Hall–Kier alpha value is -0.940. The van der Waals surface area contributed by atoms with E-state index in [4.69, 9.17) is 5.73 Å². The van der Waals surface area contributed by atoms with Crippen LogP contribution in [0.1, 0.15) is 17.2 Å². The first kappa shape index (κ1) is 14.1. The van der Waals surface area contributed by atoms with Crippen molar-refractivity contribution in [1.82, 2.24) is 0 Å². The van der Waals surface area contributed by atoms with Crippen LogP contribution in [0, 0.1) is 12.7 Å². The fourth-order valence-corrected chi connectivity index (χ4v) is 1.23. The number of hydrogen-bond donors (Lipinski definition) is 2. The maximum atomic E-state index is 12.8. The number of halogens is 4. The molecular weight excluding hydrogens is 231 g/mol. The Labute approximate surface area is 91.3 Å². The standard InChI is InChI=1S/C9H10F3NO.ClH/c1-4-2-3-5(10)8(14)6(4)7(13)9(11)12;/h2-3,7,9,14H,13H2,1H3;1H/t7-;/m1./s1. The molecule has 3 N–H and O–H groups in total. The maximum Gasteiger partial charge on any atom is 0.257 e. The molecule has 2 nitrogen and oxygen atoms in total. The normalized spacial score (nSPS) is 12.4. The van der Waals surface area contributed by atoms with E-state index in [2.05, 4.69) is 0 Å². The van der Waals surface area contributed by atoms with Crippen LogP contribution in [-0.4, -0.2) is 11.5 Å². The number of rotatable bonds is 2. The largest absolute Gasteiger partial charge is 0.505 e. The van der Waals surface area contributed by atoms with Crippen molar-refractivity contribution in [1.29, 1.82) is 0 Å². The molecule has 1 aromatic rings. The molecule has 1 atom stereocenters. The molecule has 0 aliphatic rings. The molecule has 1 rings (SSSR count). The first-order valence-corrected chi connectivity index (χ1v) is 3.97. The zero-order valence-electron chi connectivity index (χ0n) is 7.88. The lowest BCUT2D eigenvalue weighted by molar-refractivity contribution is 0.114. The SMILES string of the molecule is Cc1ccc(F)c(O)c1[C@@H](N)C(F)F.Cl. The van der Waals surface area contributed by atoms with Gasteiger partial charge in [-0.15, -0.1) is 12.4 Å². The van der Waals surface area contributed by atoms with Crippen LogP contribution in [0.4, 0.5) is 13.2 Å². The third-order valence-electron chi connectivity index (χ3n) is 1.99. The van der Waals surface area contributed by atoms with Crippen molar-refractivity contribution in [3.63, 3.8) is 0 Å². The molecule has 0 aliphatic carbocycles. The van der Waals surface area contributed by atoms with E-state index >= 15 is 0 Å². The molecule has 0 fully saturated rings. The van der Waals surface area contributed by atoms with E-state index in [0.717, 1.165) is 6.07 Å². The molecule has 0 spiro atoms. The first-order chi connectivity index (χ1) is 6.45. The van der Waals surface area contributed by atoms with Crippen molar-refractivity contribution in [2.45, 2.75) is 19.4 Å². The Bertz CT molecular complexity index is 346. The van der Waals surface area contributed by atoms with Crippen molar-refractivity contribution in [3.05, 3.63) is 29.1 Å². The van der Waals surface area contributed by atoms with Gasteiger partial charge < -0.3 is 10.8 Å². The Balaban J connectivity index is 0.00000196. The van der Waals surface area contributed by atoms with E-state index < -0.39 is 24.0 Å². The summed E-state index contributed by atoms with van der Waals surface area (Å²) in [5, 5.41) is 9.21.